The van der Waals surface area contributed by atoms with Gasteiger partial charge in [0.15, 0.2) is 17.1 Å². The number of aromatic nitrogens is 5. The minimum Gasteiger partial charge on any atom is -0.508 e. The zero-order chi connectivity index (χ0) is 27.7. The van der Waals surface area contributed by atoms with Crippen LogP contribution in [0.25, 0.3) is 50.7 Å². The van der Waals surface area contributed by atoms with Crippen molar-refractivity contribution in [3.8, 4) is 39.7 Å². The zero-order valence-corrected chi connectivity index (χ0v) is 22.2. The van der Waals surface area contributed by atoms with Crippen LogP contribution in [-0.2, 0) is 0 Å². The van der Waals surface area contributed by atoms with Gasteiger partial charge in [-0.3, -0.25) is 4.40 Å². The van der Waals surface area contributed by atoms with Gasteiger partial charge >= 0.3 is 0 Å². The summed E-state index contributed by atoms with van der Waals surface area (Å²) in [4.78, 5) is 10.3. The van der Waals surface area contributed by atoms with Gasteiger partial charge in [-0.15, -0.1) is 10.2 Å². The fourth-order valence-electron chi connectivity index (χ4n) is 6.32. The molecular formula is C33H28N6O2. The Kier molecular flexibility index (Phi) is 5.26. The topological polar surface area (TPSA) is 122 Å². The van der Waals surface area contributed by atoms with E-state index in [0.717, 1.165) is 52.9 Å². The smallest absolute Gasteiger partial charge is 0.170 e. The first-order chi connectivity index (χ1) is 20.0. The van der Waals surface area contributed by atoms with Gasteiger partial charge in [-0.2, -0.15) is 0 Å². The lowest BCUT2D eigenvalue weighted by Crippen LogP contribution is -2.63. The van der Waals surface area contributed by atoms with Gasteiger partial charge in [-0.25, -0.2) is 9.97 Å². The molecule has 0 bridgehead atoms. The van der Waals surface area contributed by atoms with E-state index in [0.29, 0.717) is 28.6 Å². The fraction of sp³-hybridized carbons (Fsp3) is 0.212. The summed E-state index contributed by atoms with van der Waals surface area (Å²) in [6, 6.07) is 28.9. The van der Waals surface area contributed by atoms with E-state index < -0.39 is 5.60 Å². The molecule has 41 heavy (non-hydrogen) atoms. The van der Waals surface area contributed by atoms with Crippen LogP contribution in [0, 0.1) is 5.92 Å². The Hall–Kier alpha value is -4.66. The summed E-state index contributed by atoms with van der Waals surface area (Å²) in [6.07, 6.45) is 2.88. The standard InChI is InChI=1S/C33H28N6O2/c34-30-25(18-33(30,41)23-12-13-23)19-6-8-21(9-7-19)28-29(20-4-2-1-3-5-20)36-32-26(35-28)16-17-27-37-38-31(39(27)32)22-10-14-24(40)15-11-22/h1-11,14-17,23,25,30,40-41H,12-13,18,34H2/t25-,30-,33?/m0/s1. The van der Waals surface area contributed by atoms with Gasteiger partial charge in [-0.05, 0) is 67.1 Å². The van der Waals surface area contributed by atoms with Crippen LogP contribution in [0.15, 0.2) is 91.0 Å². The van der Waals surface area contributed by atoms with Gasteiger partial charge in [0, 0.05) is 28.7 Å². The summed E-state index contributed by atoms with van der Waals surface area (Å²) in [5, 5.41) is 29.5. The van der Waals surface area contributed by atoms with E-state index >= 15 is 0 Å². The lowest BCUT2D eigenvalue weighted by Gasteiger charge is -2.50. The van der Waals surface area contributed by atoms with Crippen molar-refractivity contribution in [1.29, 1.82) is 0 Å². The normalized spacial score (nSPS) is 22.2. The van der Waals surface area contributed by atoms with E-state index in [4.69, 9.17) is 15.7 Å². The highest BCUT2D eigenvalue weighted by molar-refractivity contribution is 5.87. The van der Waals surface area contributed by atoms with E-state index in [1.54, 1.807) is 12.1 Å². The van der Waals surface area contributed by atoms with Crippen LogP contribution < -0.4 is 5.73 Å². The second-order valence-corrected chi connectivity index (χ2v) is 11.3. The number of hydrogen-bond donors (Lipinski definition) is 3. The molecule has 8 nitrogen and oxygen atoms in total. The Bertz CT molecular complexity index is 1920. The monoisotopic (exact) mass is 540 g/mol. The molecule has 0 saturated heterocycles. The van der Waals surface area contributed by atoms with Crippen molar-refractivity contribution < 1.29 is 10.2 Å². The molecule has 202 valence electrons. The molecule has 2 aliphatic rings. The maximum Gasteiger partial charge on any atom is 0.170 e. The lowest BCUT2D eigenvalue weighted by atomic mass is 9.61. The minimum atomic E-state index is -0.708. The van der Waals surface area contributed by atoms with E-state index in [9.17, 15) is 10.2 Å². The SMILES string of the molecule is N[C@H]1[C@H](c2ccc(-c3nc4ccc5nnc(-c6ccc(O)cc6)n5c4nc3-c3ccccc3)cc2)CC1(O)C1CC1. The average Bonchev–Trinajstić information content (AvgIpc) is 3.79. The Balaban J connectivity index is 1.25. The van der Waals surface area contributed by atoms with Gasteiger partial charge in [-0.1, -0.05) is 54.6 Å². The highest BCUT2D eigenvalue weighted by atomic mass is 16.3. The second-order valence-electron chi connectivity index (χ2n) is 11.3. The van der Waals surface area contributed by atoms with Crippen LogP contribution in [0.2, 0.25) is 0 Å². The third-order valence-electron chi connectivity index (χ3n) is 8.82. The third kappa shape index (κ3) is 3.83. The van der Waals surface area contributed by atoms with Crippen LogP contribution in [0.1, 0.15) is 30.7 Å². The van der Waals surface area contributed by atoms with Gasteiger partial charge in [0.25, 0.3) is 0 Å². The van der Waals surface area contributed by atoms with Crippen LogP contribution in [0.3, 0.4) is 0 Å². The molecule has 2 saturated carbocycles. The van der Waals surface area contributed by atoms with Crippen molar-refractivity contribution in [2.45, 2.75) is 36.8 Å². The number of nitrogens with zero attached hydrogens (tertiary/aromatic N) is 5. The summed E-state index contributed by atoms with van der Waals surface area (Å²) in [6.45, 7) is 0. The van der Waals surface area contributed by atoms with Crippen molar-refractivity contribution in [1.82, 2.24) is 24.6 Å². The van der Waals surface area contributed by atoms with Gasteiger partial charge in [0.2, 0.25) is 0 Å². The Morgan fingerprint density at radius 3 is 2.15 bits per heavy atom. The number of hydrogen-bond acceptors (Lipinski definition) is 7. The number of nitrogens with two attached hydrogens (primary N) is 1. The second kappa shape index (κ2) is 8.92. The molecule has 6 aromatic rings. The first-order valence-corrected chi connectivity index (χ1v) is 14.0. The number of aliphatic hydroxyl groups is 1. The van der Waals surface area contributed by atoms with Gasteiger partial charge < -0.3 is 15.9 Å². The summed E-state index contributed by atoms with van der Waals surface area (Å²) in [7, 11) is 0. The van der Waals surface area contributed by atoms with Crippen LogP contribution in [0.4, 0.5) is 0 Å². The third-order valence-corrected chi connectivity index (χ3v) is 8.82. The van der Waals surface area contributed by atoms with E-state index in [1.165, 1.54) is 0 Å². The quantitative estimate of drug-likeness (QED) is 0.270. The summed E-state index contributed by atoms with van der Waals surface area (Å²) in [5.74, 6) is 1.33. The molecule has 8 heteroatoms. The molecule has 3 heterocycles. The van der Waals surface area contributed by atoms with Gasteiger partial charge in [0.05, 0.1) is 17.0 Å². The number of phenols is 1. The molecule has 8 rings (SSSR count). The van der Waals surface area contributed by atoms with E-state index in [-0.39, 0.29) is 17.7 Å². The number of pyridine rings is 1. The van der Waals surface area contributed by atoms with Crippen LogP contribution >= 0.6 is 0 Å². The summed E-state index contributed by atoms with van der Waals surface area (Å²) in [5.41, 5.74) is 13.2. The van der Waals surface area contributed by atoms with Crippen molar-refractivity contribution >= 4 is 16.8 Å². The highest BCUT2D eigenvalue weighted by Crippen LogP contribution is 2.55. The predicted octanol–water partition coefficient (Wildman–Crippen LogP) is 5.33. The van der Waals surface area contributed by atoms with Crippen molar-refractivity contribution in [2.75, 3.05) is 0 Å². The van der Waals surface area contributed by atoms with Crippen molar-refractivity contribution in [2.24, 2.45) is 11.7 Å². The van der Waals surface area contributed by atoms with Crippen LogP contribution in [0.5, 0.6) is 5.75 Å². The van der Waals surface area contributed by atoms with E-state index in [1.807, 2.05) is 59.0 Å². The zero-order valence-electron chi connectivity index (χ0n) is 22.2. The minimum absolute atomic E-state index is 0.159. The molecule has 3 aromatic carbocycles. The Morgan fingerprint density at radius 1 is 0.756 bits per heavy atom. The lowest BCUT2D eigenvalue weighted by molar-refractivity contribution is -0.0886. The van der Waals surface area contributed by atoms with Crippen molar-refractivity contribution in [3.05, 3.63) is 96.6 Å². The average molecular weight is 541 g/mol. The fourth-order valence-corrected chi connectivity index (χ4v) is 6.32. The highest BCUT2D eigenvalue weighted by Gasteiger charge is 2.58. The molecule has 0 spiro atoms. The number of benzene rings is 3. The predicted molar refractivity (Wildman–Crippen MR) is 157 cm³/mol. The first-order valence-electron chi connectivity index (χ1n) is 14.0. The molecule has 2 fully saturated rings. The summed E-state index contributed by atoms with van der Waals surface area (Å²) < 4.78 is 1.91. The number of phenolic OH excluding ortho intramolecular Hbond substituents is 1. The molecule has 3 atom stereocenters. The van der Waals surface area contributed by atoms with Crippen LogP contribution in [-0.4, -0.2) is 46.4 Å². The molecule has 0 aliphatic heterocycles. The Labute approximate surface area is 236 Å². The first kappa shape index (κ1) is 24.2. The maximum atomic E-state index is 10.9. The molecule has 3 aromatic heterocycles. The molecule has 2 aliphatic carbocycles. The Morgan fingerprint density at radius 2 is 1.44 bits per heavy atom. The molecule has 0 radical (unpaired) electrons. The maximum absolute atomic E-state index is 10.9. The van der Waals surface area contributed by atoms with Crippen molar-refractivity contribution in [3.63, 3.8) is 0 Å². The number of rotatable bonds is 5. The molecule has 1 unspecified atom stereocenters. The number of fused-ring (bicyclic) bond motifs is 3. The number of aromatic hydroxyl groups is 1. The van der Waals surface area contributed by atoms with Gasteiger partial charge in [0.1, 0.15) is 11.3 Å². The van der Waals surface area contributed by atoms with E-state index in [2.05, 4.69) is 34.5 Å². The largest absolute Gasteiger partial charge is 0.508 e. The summed E-state index contributed by atoms with van der Waals surface area (Å²) >= 11 is 0. The molecule has 4 N–H and O–H groups in total. The molecule has 0 amide bonds. The molecular weight excluding hydrogens is 512 g/mol.